The lowest BCUT2D eigenvalue weighted by Gasteiger charge is -1.86. The van der Waals surface area contributed by atoms with Crippen molar-refractivity contribution >= 4 is 11.3 Å². The number of aromatic nitrogens is 1. The first-order chi connectivity index (χ1) is 4.97. The topological polar surface area (TPSA) is 15.8 Å². The summed E-state index contributed by atoms with van der Waals surface area (Å²) in [5.74, 6) is 0. The predicted octanol–water partition coefficient (Wildman–Crippen LogP) is 2.34. The van der Waals surface area contributed by atoms with Crippen LogP contribution in [0.1, 0.15) is 0 Å². The van der Waals surface area contributed by atoms with Crippen LogP contribution in [-0.4, -0.2) is 4.98 Å². The van der Waals surface area contributed by atoms with Gasteiger partial charge in [-0.15, -0.1) is 11.3 Å². The first-order valence-corrected chi connectivity index (χ1v) is 3.80. The Balaban J connectivity index is 2.48. The van der Waals surface area contributed by atoms with Gasteiger partial charge in [-0.2, -0.15) is 0 Å². The fourth-order valence-corrected chi connectivity index (χ4v) is 1.44. The van der Waals surface area contributed by atoms with E-state index >= 15 is 0 Å². The van der Waals surface area contributed by atoms with Crippen LogP contribution in [0.2, 0.25) is 0 Å². The average molecular weight is 147 g/mol. The van der Waals surface area contributed by atoms with E-state index in [9.17, 15) is 0 Å². The van der Waals surface area contributed by atoms with Crippen LogP contribution in [0.3, 0.4) is 0 Å². The van der Waals surface area contributed by atoms with Gasteiger partial charge in [0, 0.05) is 5.38 Å². The van der Waals surface area contributed by atoms with E-state index in [-0.39, 0.29) is 0 Å². The lowest BCUT2D eigenvalue weighted by molar-refractivity contribution is 1.40. The van der Waals surface area contributed by atoms with Gasteiger partial charge in [0.25, 0.3) is 0 Å². The van der Waals surface area contributed by atoms with Crippen LogP contribution in [-0.2, 0) is 0 Å². The third-order valence-electron chi connectivity index (χ3n) is 1.28. The Hall–Kier alpha value is -1.02. The van der Waals surface area contributed by atoms with Crippen LogP contribution in [0.15, 0.2) is 24.3 Å². The molecule has 0 bridgehead atoms. The highest BCUT2D eigenvalue weighted by Crippen LogP contribution is 2.21. The second-order valence-electron chi connectivity index (χ2n) is 1.93. The Labute approximate surface area is 63.3 Å². The highest BCUT2D eigenvalue weighted by Gasteiger charge is 1.95. The summed E-state index contributed by atoms with van der Waals surface area (Å²) in [4.78, 5) is 4.21. The molecule has 0 spiro atoms. The molecule has 2 aromatic rings. The minimum atomic E-state index is 1.12. The molecule has 10 heavy (non-hydrogen) atoms. The van der Waals surface area contributed by atoms with E-state index in [1.54, 1.807) is 11.3 Å². The summed E-state index contributed by atoms with van der Waals surface area (Å²) >= 11 is 1.60. The predicted molar refractivity (Wildman–Crippen MR) is 41.8 cm³/mol. The molecule has 0 aromatic carbocycles. The molecule has 0 aliphatic heterocycles. The lowest BCUT2D eigenvalue weighted by Crippen LogP contribution is -1.66. The Morgan fingerprint density at radius 2 is 2.30 bits per heavy atom. The number of aromatic amines is 1. The molecule has 0 saturated carbocycles. The molecule has 0 atom stereocenters. The Morgan fingerprint density at radius 1 is 1.30 bits per heavy atom. The molecule has 1 N–H and O–H groups in total. The monoisotopic (exact) mass is 147 g/mol. The number of hydrogen-bond acceptors (Lipinski definition) is 1. The van der Waals surface area contributed by atoms with Crippen molar-refractivity contribution in [3.05, 3.63) is 35.8 Å². The van der Waals surface area contributed by atoms with Gasteiger partial charge in [0.1, 0.15) is 0 Å². The fraction of sp³-hybridized carbons (Fsp3) is 0. The van der Waals surface area contributed by atoms with E-state index in [2.05, 4.69) is 16.6 Å². The molecule has 2 heterocycles. The van der Waals surface area contributed by atoms with Crippen LogP contribution in [0.5, 0.6) is 0 Å². The molecular formula is C8H5NS. The third-order valence-corrected chi connectivity index (χ3v) is 2.11. The molecule has 0 aliphatic carbocycles. The summed E-state index contributed by atoms with van der Waals surface area (Å²) in [6.07, 6.45) is 2.89. The normalized spacial score (nSPS) is 10.0. The Morgan fingerprint density at radius 3 is 2.90 bits per heavy atom. The summed E-state index contributed by atoms with van der Waals surface area (Å²) in [6.45, 7) is 0. The van der Waals surface area contributed by atoms with Crippen molar-refractivity contribution in [2.45, 2.75) is 0 Å². The quantitative estimate of drug-likeness (QED) is 0.637. The summed E-state index contributed by atoms with van der Waals surface area (Å²) < 4.78 is 0. The molecule has 2 heteroatoms. The van der Waals surface area contributed by atoms with Crippen LogP contribution in [0.4, 0.5) is 0 Å². The molecular weight excluding hydrogens is 142 g/mol. The number of nitrogens with one attached hydrogen (secondary N) is 1. The zero-order valence-electron chi connectivity index (χ0n) is 5.22. The van der Waals surface area contributed by atoms with E-state index in [1.807, 2.05) is 24.3 Å². The van der Waals surface area contributed by atoms with Gasteiger partial charge in [-0.05, 0) is 24.3 Å². The molecule has 2 aromatic heterocycles. The summed E-state index contributed by atoms with van der Waals surface area (Å²) in [6, 6.07) is 7.82. The average Bonchev–Trinajstić information content (AvgIpc) is 2.59. The highest BCUT2D eigenvalue weighted by molar-refractivity contribution is 7.13. The second-order valence-corrected chi connectivity index (χ2v) is 2.81. The van der Waals surface area contributed by atoms with E-state index in [0.29, 0.717) is 0 Å². The molecule has 1 nitrogen and oxygen atoms in total. The standard InChI is InChI=1S/C8H5NS/c1-3-7(9-5-1)8-4-2-6-10-8/h1-4,9H. The van der Waals surface area contributed by atoms with Gasteiger partial charge in [0.15, 0.2) is 0 Å². The van der Waals surface area contributed by atoms with Crippen molar-refractivity contribution in [1.29, 1.82) is 0 Å². The van der Waals surface area contributed by atoms with Gasteiger partial charge in [-0.25, -0.2) is 0 Å². The van der Waals surface area contributed by atoms with E-state index in [4.69, 9.17) is 0 Å². The van der Waals surface area contributed by atoms with Crippen molar-refractivity contribution in [3.63, 3.8) is 0 Å². The number of rotatable bonds is 1. The van der Waals surface area contributed by atoms with Crippen molar-refractivity contribution < 1.29 is 0 Å². The van der Waals surface area contributed by atoms with Gasteiger partial charge in [0.05, 0.1) is 16.8 Å². The second kappa shape index (κ2) is 2.31. The Kier molecular flexibility index (Phi) is 1.32. The van der Waals surface area contributed by atoms with Gasteiger partial charge in [0.2, 0.25) is 0 Å². The summed E-state index contributed by atoms with van der Waals surface area (Å²) in [7, 11) is 0. The zero-order chi connectivity index (χ0) is 6.81. The molecule has 2 rings (SSSR count). The van der Waals surface area contributed by atoms with Gasteiger partial charge in [-0.3, -0.25) is 0 Å². The van der Waals surface area contributed by atoms with Crippen molar-refractivity contribution in [2.24, 2.45) is 0 Å². The molecule has 2 radical (unpaired) electrons. The van der Waals surface area contributed by atoms with E-state index < -0.39 is 0 Å². The highest BCUT2D eigenvalue weighted by atomic mass is 32.1. The minimum Gasteiger partial charge on any atom is -0.353 e. The summed E-state index contributed by atoms with van der Waals surface area (Å²) in [5, 5.41) is 3.03. The largest absolute Gasteiger partial charge is 0.353 e. The molecule has 0 saturated heterocycles. The van der Waals surface area contributed by atoms with Crippen LogP contribution >= 0.6 is 11.3 Å². The number of hydrogen-bond donors (Lipinski definition) is 1. The Bertz CT molecular complexity index is 249. The number of H-pyrrole nitrogens is 1. The summed E-state index contributed by atoms with van der Waals surface area (Å²) in [5.41, 5.74) is 1.12. The first-order valence-electron chi connectivity index (χ1n) is 2.98. The molecule has 0 fully saturated rings. The van der Waals surface area contributed by atoms with Crippen molar-refractivity contribution in [1.82, 2.24) is 4.98 Å². The maximum Gasteiger partial charge on any atom is 0.0624 e. The smallest absolute Gasteiger partial charge is 0.0624 e. The van der Waals surface area contributed by atoms with E-state index in [0.717, 1.165) is 5.69 Å². The van der Waals surface area contributed by atoms with Crippen LogP contribution in [0.25, 0.3) is 10.6 Å². The minimum absolute atomic E-state index is 1.12. The van der Waals surface area contributed by atoms with Crippen LogP contribution < -0.4 is 0 Å². The molecule has 0 unspecified atom stereocenters. The van der Waals surface area contributed by atoms with Gasteiger partial charge < -0.3 is 4.98 Å². The van der Waals surface area contributed by atoms with Crippen LogP contribution in [0, 0.1) is 11.6 Å². The van der Waals surface area contributed by atoms with Crippen molar-refractivity contribution in [3.8, 4) is 10.6 Å². The molecule has 48 valence electrons. The molecule has 0 aliphatic rings. The lowest BCUT2D eigenvalue weighted by atomic mass is 10.3. The first kappa shape index (κ1) is 5.74. The maximum absolute atomic E-state index is 3.03. The van der Waals surface area contributed by atoms with Gasteiger partial charge in [-0.1, -0.05) is 0 Å². The third kappa shape index (κ3) is 0.866. The number of thiophene rings is 1. The van der Waals surface area contributed by atoms with E-state index in [1.165, 1.54) is 4.88 Å². The zero-order valence-corrected chi connectivity index (χ0v) is 6.03. The fourth-order valence-electron chi connectivity index (χ4n) is 0.816. The van der Waals surface area contributed by atoms with Crippen molar-refractivity contribution in [2.75, 3.05) is 0 Å². The maximum atomic E-state index is 3.03. The molecule has 0 amide bonds. The van der Waals surface area contributed by atoms with Gasteiger partial charge >= 0.3 is 0 Å². The SMILES string of the molecule is [c]1ccc(-c2cc[c]s2)[nH]1.